The first-order valence-corrected chi connectivity index (χ1v) is 9.31. The second kappa shape index (κ2) is 7.17. The van der Waals surface area contributed by atoms with Crippen LogP contribution in [0.4, 0.5) is 0 Å². The SMILES string of the molecule is Cc1c(Cl)cc(S(=O)(=O)NC[C@](C)(O)C(=O)OC(C)(C)C)cc1Cl. The van der Waals surface area contributed by atoms with Gasteiger partial charge in [0.2, 0.25) is 10.0 Å². The highest BCUT2D eigenvalue weighted by atomic mass is 35.5. The maximum atomic E-state index is 12.3. The van der Waals surface area contributed by atoms with Gasteiger partial charge in [0.1, 0.15) is 5.60 Å². The van der Waals surface area contributed by atoms with E-state index in [2.05, 4.69) is 4.72 Å². The maximum absolute atomic E-state index is 12.3. The molecular formula is C15H21Cl2NO5S. The number of hydrogen-bond donors (Lipinski definition) is 2. The number of aliphatic hydroxyl groups is 1. The highest BCUT2D eigenvalue weighted by molar-refractivity contribution is 7.89. The Balaban J connectivity index is 2.94. The minimum absolute atomic E-state index is 0.164. The van der Waals surface area contributed by atoms with Gasteiger partial charge in [-0.2, -0.15) is 0 Å². The molecular weight excluding hydrogens is 377 g/mol. The van der Waals surface area contributed by atoms with Gasteiger partial charge in [-0.15, -0.1) is 0 Å². The molecule has 0 aliphatic rings. The predicted molar refractivity (Wildman–Crippen MR) is 92.9 cm³/mol. The lowest BCUT2D eigenvalue weighted by Gasteiger charge is -2.27. The number of carbonyl (C=O) groups excluding carboxylic acids is 1. The van der Waals surface area contributed by atoms with Gasteiger partial charge in [-0.05, 0) is 52.3 Å². The summed E-state index contributed by atoms with van der Waals surface area (Å²) in [6, 6.07) is 2.49. The third-order valence-corrected chi connectivity index (χ3v) is 5.18. The fourth-order valence-corrected chi connectivity index (χ4v) is 3.36. The number of sulfonamides is 1. The Morgan fingerprint density at radius 3 is 2.08 bits per heavy atom. The molecule has 1 aromatic rings. The van der Waals surface area contributed by atoms with Crippen LogP contribution >= 0.6 is 23.2 Å². The van der Waals surface area contributed by atoms with Crippen LogP contribution in [0.2, 0.25) is 10.0 Å². The van der Waals surface area contributed by atoms with E-state index < -0.39 is 33.7 Å². The van der Waals surface area contributed by atoms with E-state index in [1.54, 1.807) is 27.7 Å². The van der Waals surface area contributed by atoms with Crippen LogP contribution in [-0.2, 0) is 19.6 Å². The van der Waals surface area contributed by atoms with Crippen molar-refractivity contribution in [3.05, 3.63) is 27.7 Å². The van der Waals surface area contributed by atoms with Crippen LogP contribution in [0.5, 0.6) is 0 Å². The Bertz CT molecular complexity index is 716. The maximum Gasteiger partial charge on any atom is 0.339 e. The summed E-state index contributed by atoms with van der Waals surface area (Å²) in [6.45, 7) is 7.18. The molecule has 0 aromatic heterocycles. The van der Waals surface area contributed by atoms with Crippen molar-refractivity contribution in [1.29, 1.82) is 0 Å². The van der Waals surface area contributed by atoms with Gasteiger partial charge in [-0.25, -0.2) is 17.9 Å². The molecule has 6 nitrogen and oxygen atoms in total. The number of benzene rings is 1. The molecule has 24 heavy (non-hydrogen) atoms. The van der Waals surface area contributed by atoms with E-state index in [1.165, 1.54) is 19.1 Å². The van der Waals surface area contributed by atoms with Gasteiger partial charge in [0.15, 0.2) is 5.60 Å². The van der Waals surface area contributed by atoms with Gasteiger partial charge < -0.3 is 9.84 Å². The molecule has 0 saturated carbocycles. The van der Waals surface area contributed by atoms with Crippen LogP contribution in [0.3, 0.4) is 0 Å². The monoisotopic (exact) mass is 397 g/mol. The summed E-state index contributed by atoms with van der Waals surface area (Å²) in [4.78, 5) is 11.8. The van der Waals surface area contributed by atoms with Crippen molar-refractivity contribution in [1.82, 2.24) is 4.72 Å². The number of halogens is 2. The average Bonchev–Trinajstić information content (AvgIpc) is 2.40. The van der Waals surface area contributed by atoms with E-state index in [0.29, 0.717) is 5.56 Å². The van der Waals surface area contributed by atoms with Crippen molar-refractivity contribution >= 4 is 39.2 Å². The van der Waals surface area contributed by atoms with Gasteiger partial charge in [0.05, 0.1) is 11.4 Å². The topological polar surface area (TPSA) is 92.7 Å². The zero-order valence-electron chi connectivity index (χ0n) is 14.1. The summed E-state index contributed by atoms with van der Waals surface area (Å²) in [5, 5.41) is 10.5. The summed E-state index contributed by atoms with van der Waals surface area (Å²) >= 11 is 11.9. The van der Waals surface area contributed by atoms with Crippen LogP contribution in [0.25, 0.3) is 0 Å². The molecule has 0 heterocycles. The molecule has 0 fully saturated rings. The van der Waals surface area contributed by atoms with E-state index in [9.17, 15) is 18.3 Å². The minimum atomic E-state index is -4.02. The van der Waals surface area contributed by atoms with Crippen molar-refractivity contribution in [2.24, 2.45) is 0 Å². The van der Waals surface area contributed by atoms with Crippen LogP contribution in [0.15, 0.2) is 17.0 Å². The van der Waals surface area contributed by atoms with Crippen molar-refractivity contribution in [3.8, 4) is 0 Å². The Morgan fingerprint density at radius 1 is 1.21 bits per heavy atom. The Hall–Kier alpha value is -0.860. The van der Waals surface area contributed by atoms with Crippen LogP contribution in [0.1, 0.15) is 33.3 Å². The predicted octanol–water partition coefficient (Wildman–Crippen LogP) is 2.67. The molecule has 0 spiro atoms. The molecule has 0 radical (unpaired) electrons. The van der Waals surface area contributed by atoms with E-state index >= 15 is 0 Å². The summed E-state index contributed by atoms with van der Waals surface area (Å²) < 4.78 is 31.8. The second-order valence-electron chi connectivity index (χ2n) is 6.61. The van der Waals surface area contributed by atoms with Crippen molar-refractivity contribution in [3.63, 3.8) is 0 Å². The van der Waals surface area contributed by atoms with Crippen LogP contribution in [0, 0.1) is 6.92 Å². The average molecular weight is 398 g/mol. The number of carbonyl (C=O) groups is 1. The van der Waals surface area contributed by atoms with E-state index in [4.69, 9.17) is 27.9 Å². The third kappa shape index (κ3) is 5.60. The zero-order valence-corrected chi connectivity index (χ0v) is 16.4. The number of hydrogen-bond acceptors (Lipinski definition) is 5. The standard InChI is InChI=1S/C15H21Cl2NO5S/c1-9-11(16)6-10(7-12(9)17)24(21,22)18-8-15(5,20)13(19)23-14(2,3)4/h6-7,18,20H,8H2,1-5H3/t15-/m0/s1. The quantitative estimate of drug-likeness (QED) is 0.744. The van der Waals surface area contributed by atoms with E-state index in [1.807, 2.05) is 0 Å². The number of rotatable bonds is 5. The van der Waals surface area contributed by atoms with Crippen molar-refractivity contribution in [2.45, 2.75) is 50.7 Å². The summed E-state index contributed by atoms with van der Waals surface area (Å²) in [7, 11) is -4.02. The van der Waals surface area contributed by atoms with Gasteiger partial charge >= 0.3 is 5.97 Å². The summed E-state index contributed by atoms with van der Waals surface area (Å²) in [6.07, 6.45) is 0. The lowest BCUT2D eigenvalue weighted by Crippen LogP contribution is -2.49. The van der Waals surface area contributed by atoms with Crippen LogP contribution < -0.4 is 4.72 Å². The van der Waals surface area contributed by atoms with Crippen molar-refractivity contribution < 1.29 is 23.1 Å². The van der Waals surface area contributed by atoms with E-state index in [-0.39, 0.29) is 14.9 Å². The Morgan fingerprint density at radius 2 is 1.67 bits per heavy atom. The zero-order chi connectivity index (χ0) is 18.9. The first-order valence-electron chi connectivity index (χ1n) is 7.07. The van der Waals surface area contributed by atoms with E-state index in [0.717, 1.165) is 0 Å². The Labute approximate surface area is 152 Å². The molecule has 1 rings (SSSR count). The smallest absolute Gasteiger partial charge is 0.339 e. The third-order valence-electron chi connectivity index (χ3n) is 3.01. The lowest BCUT2D eigenvalue weighted by atomic mass is 10.1. The molecule has 9 heteroatoms. The molecule has 0 unspecified atom stereocenters. The van der Waals surface area contributed by atoms with Crippen molar-refractivity contribution in [2.75, 3.05) is 6.54 Å². The second-order valence-corrected chi connectivity index (χ2v) is 9.19. The fraction of sp³-hybridized carbons (Fsp3) is 0.533. The normalized spacial score (nSPS) is 15.0. The molecule has 0 amide bonds. The first-order chi connectivity index (χ1) is 10.7. The molecule has 2 N–H and O–H groups in total. The lowest BCUT2D eigenvalue weighted by molar-refractivity contribution is -0.174. The number of ether oxygens (including phenoxy) is 1. The molecule has 0 aliphatic heterocycles. The van der Waals surface area contributed by atoms with Gasteiger partial charge in [0, 0.05) is 10.0 Å². The molecule has 0 bridgehead atoms. The largest absolute Gasteiger partial charge is 0.458 e. The highest BCUT2D eigenvalue weighted by Gasteiger charge is 2.36. The molecule has 1 aromatic carbocycles. The first kappa shape index (κ1) is 21.2. The highest BCUT2D eigenvalue weighted by Crippen LogP contribution is 2.27. The van der Waals surface area contributed by atoms with Gasteiger partial charge in [-0.1, -0.05) is 23.2 Å². The van der Waals surface area contributed by atoms with Crippen LogP contribution in [-0.4, -0.2) is 37.2 Å². The molecule has 0 saturated heterocycles. The molecule has 1 atom stereocenters. The summed E-state index contributed by atoms with van der Waals surface area (Å²) in [5.41, 5.74) is -2.28. The molecule has 0 aliphatic carbocycles. The van der Waals surface area contributed by atoms with Gasteiger partial charge in [0.25, 0.3) is 0 Å². The summed E-state index contributed by atoms with van der Waals surface area (Å²) in [5.74, 6) is -0.933. The Kier molecular flexibility index (Phi) is 6.33. The van der Waals surface area contributed by atoms with Gasteiger partial charge in [-0.3, -0.25) is 0 Å². The molecule has 136 valence electrons. The minimum Gasteiger partial charge on any atom is -0.458 e. The number of esters is 1. The number of nitrogens with one attached hydrogen (secondary N) is 1. The fourth-order valence-electron chi connectivity index (χ4n) is 1.56.